The molecule has 2 aromatic carbocycles. The van der Waals surface area contributed by atoms with Crippen LogP contribution in [-0.2, 0) is 6.42 Å². The molecule has 0 unspecified atom stereocenters. The summed E-state index contributed by atoms with van der Waals surface area (Å²) in [7, 11) is 0. The van der Waals surface area contributed by atoms with Crippen molar-refractivity contribution in [1.29, 1.82) is 0 Å². The van der Waals surface area contributed by atoms with Crippen LogP contribution < -0.4 is 0 Å². The molecule has 0 heterocycles. The lowest BCUT2D eigenvalue weighted by Gasteiger charge is -2.37. The van der Waals surface area contributed by atoms with E-state index in [2.05, 4.69) is 74.2 Å². The second-order valence-electron chi connectivity index (χ2n) is 10.5. The lowest BCUT2D eigenvalue weighted by Crippen LogP contribution is -2.24. The quantitative estimate of drug-likeness (QED) is 0.432. The van der Waals surface area contributed by atoms with Gasteiger partial charge in [-0.3, -0.25) is 0 Å². The molecule has 2 aliphatic carbocycles. The maximum Gasteiger partial charge on any atom is 0.0245 e. The second-order valence-corrected chi connectivity index (χ2v) is 10.5. The summed E-state index contributed by atoms with van der Waals surface area (Å²) < 4.78 is 0. The van der Waals surface area contributed by atoms with E-state index in [1.807, 2.05) is 6.92 Å². The standard InChI is InChI=1S/C31H40/c1-4-5-25-8-14-27(15-9-25)24(3)22-26-10-16-29(17-11-26)31-20-18-30(19-21-31)28-12-6-23(2)7-13-28/h8-11,14-17,23-24,28,30-31H,6-7,12-13,18-22H2,1-3H3/t23?,24-,28?,30?,31?/m1/s1. The van der Waals surface area contributed by atoms with Crippen LogP contribution in [0.25, 0.3) is 0 Å². The Morgan fingerprint density at radius 3 is 1.94 bits per heavy atom. The average Bonchev–Trinajstić information content (AvgIpc) is 2.81. The van der Waals surface area contributed by atoms with Gasteiger partial charge in [-0.15, -0.1) is 5.92 Å². The highest BCUT2D eigenvalue weighted by Crippen LogP contribution is 2.43. The average molecular weight is 413 g/mol. The number of hydrogen-bond donors (Lipinski definition) is 0. The molecule has 0 aliphatic heterocycles. The smallest absolute Gasteiger partial charge is 0.0245 e. The van der Waals surface area contributed by atoms with Crippen LogP contribution in [0.5, 0.6) is 0 Å². The van der Waals surface area contributed by atoms with Gasteiger partial charge in [0.2, 0.25) is 0 Å². The summed E-state index contributed by atoms with van der Waals surface area (Å²) in [6, 6.07) is 18.4. The van der Waals surface area contributed by atoms with Crippen molar-refractivity contribution in [3.05, 3.63) is 70.8 Å². The Balaban J connectivity index is 1.28. The van der Waals surface area contributed by atoms with Crippen LogP contribution in [0.2, 0.25) is 0 Å². The highest BCUT2D eigenvalue weighted by molar-refractivity contribution is 5.37. The fraction of sp³-hybridized carbons (Fsp3) is 0.548. The maximum absolute atomic E-state index is 3.13. The molecule has 0 nitrogen and oxygen atoms in total. The number of hydrogen-bond acceptors (Lipinski definition) is 0. The molecular formula is C31H40. The van der Waals surface area contributed by atoms with Gasteiger partial charge in [-0.05, 0) is 110 Å². The highest BCUT2D eigenvalue weighted by atomic mass is 14.4. The Morgan fingerprint density at radius 1 is 0.774 bits per heavy atom. The van der Waals surface area contributed by atoms with Crippen molar-refractivity contribution in [2.75, 3.05) is 0 Å². The summed E-state index contributed by atoms with van der Waals surface area (Å²) in [5, 5.41) is 0. The van der Waals surface area contributed by atoms with Crippen LogP contribution in [0, 0.1) is 29.6 Å². The van der Waals surface area contributed by atoms with Crippen molar-refractivity contribution in [1.82, 2.24) is 0 Å². The lowest BCUT2D eigenvalue weighted by molar-refractivity contribution is 0.165. The summed E-state index contributed by atoms with van der Waals surface area (Å²) in [5.74, 6) is 10.4. The molecule has 0 radical (unpaired) electrons. The molecule has 2 saturated carbocycles. The van der Waals surface area contributed by atoms with Crippen molar-refractivity contribution in [2.45, 2.75) is 90.4 Å². The van der Waals surface area contributed by atoms with Gasteiger partial charge >= 0.3 is 0 Å². The first-order valence-corrected chi connectivity index (χ1v) is 12.7. The molecule has 1 atom stereocenters. The Bertz CT molecular complexity index is 860. The molecule has 0 bridgehead atoms. The van der Waals surface area contributed by atoms with E-state index >= 15 is 0 Å². The van der Waals surface area contributed by atoms with Crippen LogP contribution >= 0.6 is 0 Å². The molecule has 164 valence electrons. The zero-order chi connectivity index (χ0) is 21.6. The monoisotopic (exact) mass is 412 g/mol. The van der Waals surface area contributed by atoms with E-state index in [-0.39, 0.29) is 0 Å². The molecule has 0 heteroatoms. The Kier molecular flexibility index (Phi) is 7.55. The molecule has 0 aromatic heterocycles. The summed E-state index contributed by atoms with van der Waals surface area (Å²) in [6.07, 6.45) is 12.8. The Morgan fingerprint density at radius 2 is 1.35 bits per heavy atom. The van der Waals surface area contributed by atoms with E-state index in [4.69, 9.17) is 0 Å². The van der Waals surface area contributed by atoms with E-state index in [0.29, 0.717) is 5.92 Å². The topological polar surface area (TPSA) is 0 Å². The van der Waals surface area contributed by atoms with Gasteiger partial charge in [-0.25, -0.2) is 0 Å². The molecule has 2 aliphatic rings. The minimum absolute atomic E-state index is 0.531. The molecule has 2 aromatic rings. The van der Waals surface area contributed by atoms with Crippen molar-refractivity contribution in [2.24, 2.45) is 17.8 Å². The third-order valence-electron chi connectivity index (χ3n) is 8.24. The molecule has 0 amide bonds. The van der Waals surface area contributed by atoms with Gasteiger partial charge in [0.25, 0.3) is 0 Å². The second kappa shape index (κ2) is 10.5. The minimum Gasteiger partial charge on any atom is -0.101 e. The lowest BCUT2D eigenvalue weighted by atomic mass is 9.68. The zero-order valence-corrected chi connectivity index (χ0v) is 19.9. The molecule has 31 heavy (non-hydrogen) atoms. The Labute approximate surface area is 190 Å². The fourth-order valence-corrected chi connectivity index (χ4v) is 6.12. The molecular weight excluding hydrogens is 372 g/mol. The van der Waals surface area contributed by atoms with E-state index in [9.17, 15) is 0 Å². The maximum atomic E-state index is 3.13. The van der Waals surface area contributed by atoms with Crippen molar-refractivity contribution in [3.63, 3.8) is 0 Å². The Hall–Kier alpha value is -2.00. The summed E-state index contributed by atoms with van der Waals surface area (Å²) >= 11 is 0. The van der Waals surface area contributed by atoms with Gasteiger partial charge in [0.05, 0.1) is 0 Å². The SMILES string of the molecule is CC#Cc1ccc([C@H](C)Cc2ccc(C3CCC(C4CCC(C)CC4)CC3)cc2)cc1. The van der Waals surface area contributed by atoms with E-state index in [0.717, 1.165) is 35.7 Å². The van der Waals surface area contributed by atoms with Gasteiger partial charge in [0.1, 0.15) is 0 Å². The number of benzene rings is 2. The first-order valence-electron chi connectivity index (χ1n) is 12.7. The van der Waals surface area contributed by atoms with Gasteiger partial charge in [-0.1, -0.05) is 69.0 Å². The molecule has 0 spiro atoms. The molecule has 0 N–H and O–H groups in total. The largest absolute Gasteiger partial charge is 0.101 e. The van der Waals surface area contributed by atoms with Gasteiger partial charge in [-0.2, -0.15) is 0 Å². The van der Waals surface area contributed by atoms with Crippen LogP contribution in [-0.4, -0.2) is 0 Å². The highest BCUT2D eigenvalue weighted by Gasteiger charge is 2.30. The summed E-state index contributed by atoms with van der Waals surface area (Å²) in [4.78, 5) is 0. The normalized spacial score (nSPS) is 27.2. The third-order valence-corrected chi connectivity index (χ3v) is 8.24. The molecule has 2 fully saturated rings. The van der Waals surface area contributed by atoms with Gasteiger partial charge < -0.3 is 0 Å². The van der Waals surface area contributed by atoms with Gasteiger partial charge in [0.15, 0.2) is 0 Å². The molecule has 0 saturated heterocycles. The number of rotatable bonds is 5. The fourth-order valence-electron chi connectivity index (χ4n) is 6.12. The van der Waals surface area contributed by atoms with E-state index < -0.39 is 0 Å². The van der Waals surface area contributed by atoms with E-state index in [1.165, 1.54) is 62.5 Å². The van der Waals surface area contributed by atoms with Crippen molar-refractivity contribution < 1.29 is 0 Å². The zero-order valence-electron chi connectivity index (χ0n) is 19.9. The van der Waals surface area contributed by atoms with Gasteiger partial charge in [0, 0.05) is 5.56 Å². The first kappa shape index (κ1) is 22.2. The van der Waals surface area contributed by atoms with Crippen molar-refractivity contribution >= 4 is 0 Å². The van der Waals surface area contributed by atoms with Crippen molar-refractivity contribution in [3.8, 4) is 11.8 Å². The van der Waals surface area contributed by atoms with Crippen LogP contribution in [0.3, 0.4) is 0 Å². The van der Waals surface area contributed by atoms with Crippen LogP contribution in [0.15, 0.2) is 48.5 Å². The minimum atomic E-state index is 0.531. The summed E-state index contributed by atoms with van der Waals surface area (Å²) in [5.41, 5.74) is 5.55. The predicted molar refractivity (Wildman–Crippen MR) is 133 cm³/mol. The van der Waals surface area contributed by atoms with Crippen LogP contribution in [0.4, 0.5) is 0 Å². The summed E-state index contributed by atoms with van der Waals surface area (Å²) in [6.45, 7) is 6.67. The molecule has 4 rings (SSSR count). The third kappa shape index (κ3) is 5.83. The van der Waals surface area contributed by atoms with Crippen LogP contribution in [0.1, 0.15) is 106 Å². The van der Waals surface area contributed by atoms with E-state index in [1.54, 1.807) is 5.56 Å². The first-order chi connectivity index (χ1) is 15.1. The predicted octanol–water partition coefficient (Wildman–Crippen LogP) is 8.50.